The van der Waals surface area contributed by atoms with Crippen LogP contribution in [0.1, 0.15) is 22.4 Å². The second-order valence-electron chi connectivity index (χ2n) is 8.49. The number of benzene rings is 2. The Hall–Kier alpha value is -5.21. The van der Waals surface area contributed by atoms with Crippen LogP contribution >= 0.6 is 0 Å². The molecule has 0 aliphatic rings. The molecule has 0 saturated carbocycles. The zero-order chi connectivity index (χ0) is 25.2. The molecule has 8 nitrogen and oxygen atoms in total. The quantitative estimate of drug-likeness (QED) is 0.330. The predicted molar refractivity (Wildman–Crippen MR) is 140 cm³/mol. The van der Waals surface area contributed by atoms with Gasteiger partial charge >= 0.3 is 0 Å². The lowest BCUT2D eigenvalue weighted by Gasteiger charge is -2.17. The van der Waals surface area contributed by atoms with Crippen molar-refractivity contribution in [2.45, 2.75) is 13.8 Å². The molecular formula is C28H22N8. The van der Waals surface area contributed by atoms with Crippen LogP contribution in [0.4, 0.5) is 23.1 Å². The number of nitrogens with one attached hydrogen (secondary N) is 2. The summed E-state index contributed by atoms with van der Waals surface area (Å²) in [6.45, 7) is 4.06. The molecule has 0 saturated heterocycles. The van der Waals surface area contributed by atoms with Crippen molar-refractivity contribution < 1.29 is 0 Å². The molecule has 3 heterocycles. The monoisotopic (exact) mass is 470 g/mol. The highest BCUT2D eigenvalue weighted by Gasteiger charge is 2.15. The lowest BCUT2D eigenvalue weighted by molar-refractivity contribution is 0.964. The van der Waals surface area contributed by atoms with Gasteiger partial charge in [-0.25, -0.2) is 9.97 Å². The van der Waals surface area contributed by atoms with Crippen LogP contribution in [0.25, 0.3) is 22.2 Å². The van der Waals surface area contributed by atoms with Gasteiger partial charge < -0.3 is 15.2 Å². The van der Waals surface area contributed by atoms with Crippen LogP contribution in [-0.4, -0.2) is 19.5 Å². The highest BCUT2D eigenvalue weighted by molar-refractivity contribution is 5.91. The molecule has 36 heavy (non-hydrogen) atoms. The molecule has 8 heteroatoms. The van der Waals surface area contributed by atoms with Gasteiger partial charge in [0.1, 0.15) is 17.3 Å². The van der Waals surface area contributed by atoms with Crippen molar-refractivity contribution in [3.8, 4) is 23.3 Å². The Morgan fingerprint density at radius 2 is 1.64 bits per heavy atom. The van der Waals surface area contributed by atoms with E-state index in [1.165, 1.54) is 0 Å². The minimum absolute atomic E-state index is 0.400. The first kappa shape index (κ1) is 22.6. The van der Waals surface area contributed by atoms with E-state index in [1.54, 1.807) is 18.3 Å². The van der Waals surface area contributed by atoms with E-state index in [0.29, 0.717) is 23.0 Å². The smallest absolute Gasteiger partial charge is 0.229 e. The molecule has 5 rings (SSSR count). The fourth-order valence-corrected chi connectivity index (χ4v) is 4.26. The maximum atomic E-state index is 9.47. The molecule has 0 fully saturated rings. The number of nitrogens with zero attached hydrogens (tertiary/aromatic N) is 6. The van der Waals surface area contributed by atoms with Gasteiger partial charge in [-0.3, -0.25) is 0 Å². The summed E-state index contributed by atoms with van der Waals surface area (Å²) in [5.41, 5.74) is 8.16. The van der Waals surface area contributed by atoms with E-state index in [2.05, 4.69) is 32.7 Å². The molecule has 2 aromatic carbocycles. The van der Waals surface area contributed by atoms with Crippen molar-refractivity contribution in [1.82, 2.24) is 19.5 Å². The van der Waals surface area contributed by atoms with E-state index in [0.717, 1.165) is 44.7 Å². The Balaban J connectivity index is 1.54. The number of pyridine rings is 1. The summed E-state index contributed by atoms with van der Waals surface area (Å²) >= 11 is 0. The van der Waals surface area contributed by atoms with Crippen molar-refractivity contribution in [2.75, 3.05) is 10.6 Å². The third-order valence-electron chi connectivity index (χ3n) is 5.99. The van der Waals surface area contributed by atoms with E-state index >= 15 is 0 Å². The molecule has 2 N–H and O–H groups in total. The van der Waals surface area contributed by atoms with Crippen LogP contribution in [0.5, 0.6) is 0 Å². The molecule has 0 amide bonds. The Bertz CT molecular complexity index is 1660. The summed E-state index contributed by atoms with van der Waals surface area (Å²) in [5, 5.41) is 25.3. The molecule has 174 valence electrons. The highest BCUT2D eigenvalue weighted by Crippen LogP contribution is 2.33. The molecule has 0 radical (unpaired) electrons. The van der Waals surface area contributed by atoms with Gasteiger partial charge in [0.25, 0.3) is 0 Å². The molecule has 0 aliphatic carbocycles. The van der Waals surface area contributed by atoms with Gasteiger partial charge in [0.15, 0.2) is 5.82 Å². The third-order valence-corrected chi connectivity index (χ3v) is 5.99. The predicted octanol–water partition coefficient (Wildman–Crippen LogP) is 5.88. The van der Waals surface area contributed by atoms with Gasteiger partial charge in [0.05, 0.1) is 17.1 Å². The second kappa shape index (κ2) is 9.21. The van der Waals surface area contributed by atoms with Gasteiger partial charge in [0.2, 0.25) is 5.95 Å². The Kier molecular flexibility index (Phi) is 5.77. The van der Waals surface area contributed by atoms with Crippen molar-refractivity contribution in [3.63, 3.8) is 0 Å². The lowest BCUT2D eigenvalue weighted by atomic mass is 9.98. The van der Waals surface area contributed by atoms with Gasteiger partial charge in [-0.05, 0) is 85.1 Å². The average Bonchev–Trinajstić information content (AvgIpc) is 3.27. The van der Waals surface area contributed by atoms with E-state index in [9.17, 15) is 5.26 Å². The molecule has 0 unspecified atom stereocenters. The molecule has 5 aromatic rings. The molecule has 3 aromatic heterocycles. The summed E-state index contributed by atoms with van der Waals surface area (Å²) in [7, 11) is 1.96. The maximum absolute atomic E-state index is 9.47. The second-order valence-corrected chi connectivity index (χ2v) is 8.49. The molecule has 0 spiro atoms. The van der Waals surface area contributed by atoms with Gasteiger partial charge in [-0.1, -0.05) is 0 Å². The number of hydrogen-bond donors (Lipinski definition) is 2. The number of aryl methyl sites for hydroxylation is 3. The van der Waals surface area contributed by atoms with Crippen molar-refractivity contribution in [2.24, 2.45) is 7.05 Å². The van der Waals surface area contributed by atoms with Crippen LogP contribution < -0.4 is 10.6 Å². The Morgan fingerprint density at radius 3 is 2.33 bits per heavy atom. The maximum Gasteiger partial charge on any atom is 0.229 e. The molecule has 0 bridgehead atoms. The summed E-state index contributed by atoms with van der Waals surface area (Å²) in [4.78, 5) is 13.6. The number of hydrogen-bond acceptors (Lipinski definition) is 7. The first-order chi connectivity index (χ1) is 17.5. The van der Waals surface area contributed by atoms with E-state index < -0.39 is 0 Å². The topological polar surface area (TPSA) is 115 Å². The summed E-state index contributed by atoms with van der Waals surface area (Å²) in [6.07, 6.45) is 3.58. The number of nitriles is 2. The van der Waals surface area contributed by atoms with Crippen molar-refractivity contribution >= 4 is 34.2 Å². The summed E-state index contributed by atoms with van der Waals surface area (Å²) in [6, 6.07) is 21.2. The number of fused-ring (bicyclic) bond motifs is 1. The van der Waals surface area contributed by atoms with Crippen molar-refractivity contribution in [1.29, 1.82) is 10.5 Å². The number of rotatable bonds is 5. The molecule has 0 aliphatic heterocycles. The van der Waals surface area contributed by atoms with Gasteiger partial charge in [0, 0.05) is 36.4 Å². The van der Waals surface area contributed by atoms with Gasteiger partial charge in [-0.2, -0.15) is 15.5 Å². The van der Waals surface area contributed by atoms with Crippen LogP contribution in [0.2, 0.25) is 0 Å². The van der Waals surface area contributed by atoms with Crippen molar-refractivity contribution in [3.05, 3.63) is 89.4 Å². The summed E-state index contributed by atoms with van der Waals surface area (Å²) in [5.74, 6) is 1.11. The normalized spacial score (nSPS) is 10.6. The Labute approximate surface area is 208 Å². The zero-order valence-electron chi connectivity index (χ0n) is 20.0. The Morgan fingerprint density at radius 1 is 0.889 bits per heavy atom. The zero-order valence-corrected chi connectivity index (χ0v) is 20.0. The highest BCUT2D eigenvalue weighted by atomic mass is 15.2. The van der Waals surface area contributed by atoms with Gasteiger partial charge in [-0.15, -0.1) is 0 Å². The minimum atomic E-state index is 0.400. The van der Waals surface area contributed by atoms with E-state index in [1.807, 2.05) is 74.1 Å². The first-order valence-corrected chi connectivity index (χ1v) is 11.3. The molecular weight excluding hydrogens is 448 g/mol. The van der Waals surface area contributed by atoms with E-state index in [4.69, 9.17) is 10.2 Å². The van der Waals surface area contributed by atoms with Crippen LogP contribution in [0.15, 0.2) is 67.0 Å². The number of anilines is 4. The molecule has 0 atom stereocenters. The average molecular weight is 471 g/mol. The van der Waals surface area contributed by atoms with E-state index in [-0.39, 0.29) is 0 Å². The van der Waals surface area contributed by atoms with Crippen LogP contribution in [0, 0.1) is 36.5 Å². The SMILES string of the molecule is Cc1cc(-c2cccnc2C#N)cc(C)c1Nc1nc(Nc2ccc(C#N)cc2)nc2ccn(C)c12. The summed E-state index contributed by atoms with van der Waals surface area (Å²) < 4.78 is 1.98. The van der Waals surface area contributed by atoms with Crippen LogP contribution in [0.3, 0.4) is 0 Å². The minimum Gasteiger partial charge on any atom is -0.346 e. The third kappa shape index (κ3) is 4.20. The fraction of sp³-hybridized carbons (Fsp3) is 0.107. The fourth-order valence-electron chi connectivity index (χ4n) is 4.26. The standard InChI is InChI=1S/C28H22N8/c1-17-13-20(22-5-4-11-31-24(22)16-30)14-18(2)25(17)34-27-26-23(10-12-36(26)3)33-28(35-27)32-21-8-6-19(15-29)7-9-21/h4-14H,1-3H3,(H2,32,33,34,35). The number of aromatic nitrogens is 4. The first-order valence-electron chi connectivity index (χ1n) is 11.3. The lowest BCUT2D eigenvalue weighted by Crippen LogP contribution is -2.05. The van der Waals surface area contributed by atoms with Crippen LogP contribution in [-0.2, 0) is 7.05 Å². The largest absolute Gasteiger partial charge is 0.346 e.